The predicted molar refractivity (Wildman–Crippen MR) is 83.2 cm³/mol. The van der Waals surface area contributed by atoms with Crippen LogP contribution in [0.15, 0.2) is 42.5 Å². The molecule has 0 aromatic heterocycles. The first-order chi connectivity index (χ1) is 9.65. The Morgan fingerprint density at radius 1 is 1.05 bits per heavy atom. The number of ether oxygens (including phenoxy) is 2. The van der Waals surface area contributed by atoms with Crippen LogP contribution in [0.4, 0.5) is 0 Å². The van der Waals surface area contributed by atoms with E-state index in [1.165, 1.54) is 5.56 Å². The molecule has 1 heterocycles. The molecular weight excluding hydrogens is 248 g/mol. The third-order valence-electron chi connectivity index (χ3n) is 3.28. The lowest BCUT2D eigenvalue weighted by Gasteiger charge is -2.03. The molecule has 0 spiro atoms. The van der Waals surface area contributed by atoms with E-state index in [0.717, 1.165) is 24.3 Å². The molecule has 0 bridgehead atoms. The Balaban J connectivity index is 1.81. The molecule has 0 aliphatic carbocycles. The maximum Gasteiger partial charge on any atom is 0.231 e. The van der Waals surface area contributed by atoms with Gasteiger partial charge < -0.3 is 9.47 Å². The second kappa shape index (κ2) is 7.18. The van der Waals surface area contributed by atoms with Crippen molar-refractivity contribution < 1.29 is 9.47 Å². The lowest BCUT2D eigenvalue weighted by molar-refractivity contribution is 0.174. The molecule has 1 aliphatic rings. The van der Waals surface area contributed by atoms with Crippen molar-refractivity contribution in [1.82, 2.24) is 0 Å². The zero-order valence-corrected chi connectivity index (χ0v) is 12.6. The third kappa shape index (κ3) is 4.44. The van der Waals surface area contributed by atoms with Gasteiger partial charge in [-0.15, -0.1) is 0 Å². The summed E-state index contributed by atoms with van der Waals surface area (Å²) < 4.78 is 10.7. The number of fused-ring (bicyclic) bond motifs is 1. The summed E-state index contributed by atoms with van der Waals surface area (Å²) in [7, 11) is 0. The third-order valence-corrected chi connectivity index (χ3v) is 3.28. The van der Waals surface area contributed by atoms with Crippen molar-refractivity contribution in [2.75, 3.05) is 6.79 Å². The van der Waals surface area contributed by atoms with Gasteiger partial charge in [0.1, 0.15) is 0 Å². The molecular formula is C18H24O2. The molecule has 1 unspecified atom stereocenters. The Morgan fingerprint density at radius 2 is 1.85 bits per heavy atom. The zero-order chi connectivity index (χ0) is 14.4. The van der Waals surface area contributed by atoms with Gasteiger partial charge in [-0.2, -0.15) is 0 Å². The molecule has 0 amide bonds. The SMILES string of the molecule is CC(C)/C=C/CC(C)/C=C/Cc1ccc2c(c1)OCO2. The van der Waals surface area contributed by atoms with Gasteiger partial charge in [0.2, 0.25) is 6.79 Å². The highest BCUT2D eigenvalue weighted by Crippen LogP contribution is 2.32. The highest BCUT2D eigenvalue weighted by Gasteiger charge is 2.12. The van der Waals surface area contributed by atoms with Gasteiger partial charge in [0.05, 0.1) is 0 Å². The first-order valence-electron chi connectivity index (χ1n) is 7.37. The average molecular weight is 272 g/mol. The molecule has 0 saturated heterocycles. The van der Waals surface area contributed by atoms with Crippen LogP contribution in [0.1, 0.15) is 32.8 Å². The monoisotopic (exact) mass is 272 g/mol. The van der Waals surface area contributed by atoms with Gasteiger partial charge in [-0.1, -0.05) is 51.1 Å². The van der Waals surface area contributed by atoms with Crippen molar-refractivity contribution in [3.63, 3.8) is 0 Å². The highest BCUT2D eigenvalue weighted by atomic mass is 16.7. The highest BCUT2D eigenvalue weighted by molar-refractivity contribution is 5.44. The van der Waals surface area contributed by atoms with E-state index in [-0.39, 0.29) is 0 Å². The maximum atomic E-state index is 5.39. The van der Waals surface area contributed by atoms with Gasteiger partial charge in [0, 0.05) is 0 Å². The standard InChI is InChI=1S/C18H24O2/c1-14(2)6-4-7-15(3)8-5-9-16-10-11-17-18(12-16)20-13-19-17/h4-6,8,10-12,14-15H,7,9,13H2,1-3H3/b6-4+,8-5+. The Morgan fingerprint density at radius 3 is 2.65 bits per heavy atom. The van der Waals surface area contributed by atoms with Crippen LogP contribution in [0, 0.1) is 11.8 Å². The van der Waals surface area contributed by atoms with E-state index in [2.05, 4.69) is 57.2 Å². The van der Waals surface area contributed by atoms with Crippen molar-refractivity contribution in [1.29, 1.82) is 0 Å². The van der Waals surface area contributed by atoms with Crippen molar-refractivity contribution >= 4 is 0 Å². The molecule has 20 heavy (non-hydrogen) atoms. The Bertz CT molecular complexity index is 486. The molecule has 0 radical (unpaired) electrons. The van der Waals surface area contributed by atoms with E-state index in [4.69, 9.17) is 9.47 Å². The van der Waals surface area contributed by atoms with Crippen LogP contribution in [0.25, 0.3) is 0 Å². The molecule has 1 aromatic rings. The number of benzene rings is 1. The molecule has 1 atom stereocenters. The van der Waals surface area contributed by atoms with Crippen LogP contribution >= 0.6 is 0 Å². The normalized spacial score (nSPS) is 15.6. The van der Waals surface area contributed by atoms with Gasteiger partial charge in [-0.25, -0.2) is 0 Å². The van der Waals surface area contributed by atoms with Crippen molar-refractivity contribution in [3.8, 4) is 11.5 Å². The van der Waals surface area contributed by atoms with Crippen LogP contribution in [0.5, 0.6) is 11.5 Å². The summed E-state index contributed by atoms with van der Waals surface area (Å²) >= 11 is 0. The summed E-state index contributed by atoms with van der Waals surface area (Å²) in [5.74, 6) is 2.94. The van der Waals surface area contributed by atoms with Crippen LogP contribution in [-0.2, 0) is 6.42 Å². The van der Waals surface area contributed by atoms with Crippen LogP contribution < -0.4 is 9.47 Å². The fourth-order valence-corrected chi connectivity index (χ4v) is 2.15. The maximum absolute atomic E-state index is 5.39. The summed E-state index contributed by atoms with van der Waals surface area (Å²) in [4.78, 5) is 0. The zero-order valence-electron chi connectivity index (χ0n) is 12.6. The van der Waals surface area contributed by atoms with E-state index in [0.29, 0.717) is 18.6 Å². The lowest BCUT2D eigenvalue weighted by Crippen LogP contribution is -1.92. The molecule has 1 aromatic carbocycles. The molecule has 2 nitrogen and oxygen atoms in total. The number of hydrogen-bond donors (Lipinski definition) is 0. The van der Waals surface area contributed by atoms with Gasteiger partial charge in [-0.3, -0.25) is 0 Å². The van der Waals surface area contributed by atoms with Gasteiger partial charge in [0.25, 0.3) is 0 Å². The molecule has 2 rings (SSSR count). The smallest absolute Gasteiger partial charge is 0.231 e. The number of rotatable bonds is 6. The Kier molecular flexibility index (Phi) is 5.28. The molecule has 108 valence electrons. The van der Waals surface area contributed by atoms with Crippen molar-refractivity contribution in [3.05, 3.63) is 48.1 Å². The number of allylic oxidation sites excluding steroid dienone is 4. The first-order valence-corrected chi connectivity index (χ1v) is 7.37. The van der Waals surface area contributed by atoms with Gasteiger partial charge in [0.15, 0.2) is 11.5 Å². The molecule has 0 fully saturated rings. The van der Waals surface area contributed by atoms with Crippen molar-refractivity contribution in [2.24, 2.45) is 11.8 Å². The van der Waals surface area contributed by atoms with E-state index >= 15 is 0 Å². The summed E-state index contributed by atoms with van der Waals surface area (Å²) in [6.45, 7) is 7.00. The minimum Gasteiger partial charge on any atom is -0.454 e. The molecule has 0 N–H and O–H groups in total. The van der Waals surface area contributed by atoms with E-state index in [1.807, 2.05) is 6.07 Å². The minimum absolute atomic E-state index is 0.341. The fraction of sp³-hybridized carbons (Fsp3) is 0.444. The van der Waals surface area contributed by atoms with Gasteiger partial charge in [-0.05, 0) is 42.4 Å². The van der Waals surface area contributed by atoms with Gasteiger partial charge >= 0.3 is 0 Å². The number of hydrogen-bond acceptors (Lipinski definition) is 2. The van der Waals surface area contributed by atoms with E-state index < -0.39 is 0 Å². The second-order valence-electron chi connectivity index (χ2n) is 5.71. The Labute approximate surface area is 122 Å². The molecule has 0 saturated carbocycles. The van der Waals surface area contributed by atoms with Crippen LogP contribution in [0.3, 0.4) is 0 Å². The topological polar surface area (TPSA) is 18.5 Å². The fourth-order valence-electron chi connectivity index (χ4n) is 2.15. The summed E-state index contributed by atoms with van der Waals surface area (Å²) in [6, 6.07) is 6.15. The predicted octanol–water partition coefficient (Wildman–Crippen LogP) is 4.75. The molecule has 2 heteroatoms. The molecule has 1 aliphatic heterocycles. The summed E-state index contributed by atoms with van der Waals surface area (Å²) in [5, 5.41) is 0. The minimum atomic E-state index is 0.341. The summed E-state index contributed by atoms with van der Waals surface area (Å²) in [6.07, 6.45) is 11.1. The average Bonchev–Trinajstić information content (AvgIpc) is 2.85. The van der Waals surface area contributed by atoms with Crippen LogP contribution in [-0.4, -0.2) is 6.79 Å². The summed E-state index contributed by atoms with van der Waals surface area (Å²) in [5.41, 5.74) is 1.26. The Hall–Kier alpha value is -1.70. The lowest BCUT2D eigenvalue weighted by atomic mass is 10.0. The largest absolute Gasteiger partial charge is 0.454 e. The first kappa shape index (κ1) is 14.7. The quantitative estimate of drug-likeness (QED) is 0.696. The van der Waals surface area contributed by atoms with Crippen molar-refractivity contribution in [2.45, 2.75) is 33.6 Å². The van der Waals surface area contributed by atoms with Crippen LogP contribution in [0.2, 0.25) is 0 Å². The van der Waals surface area contributed by atoms with E-state index in [1.54, 1.807) is 0 Å². The van der Waals surface area contributed by atoms with E-state index in [9.17, 15) is 0 Å². The second-order valence-corrected chi connectivity index (χ2v) is 5.71.